The normalized spacial score (nSPS) is 14.7. The molecule has 14 heavy (non-hydrogen) atoms. The number of carboxylic acids is 1. The molecule has 1 atom stereocenters. The van der Waals surface area contributed by atoms with Gasteiger partial charge in [-0.25, -0.2) is 0 Å². The smallest absolute Gasteiger partial charge is 0.303 e. The van der Waals surface area contributed by atoms with Crippen LogP contribution in [0, 0.1) is 0 Å². The van der Waals surface area contributed by atoms with Crippen LogP contribution in [-0.4, -0.2) is 16.1 Å². The van der Waals surface area contributed by atoms with Gasteiger partial charge in [0, 0.05) is 24.4 Å². The van der Waals surface area contributed by atoms with Crippen molar-refractivity contribution in [3.8, 4) is 0 Å². The Balaban J connectivity index is 2.70. The maximum Gasteiger partial charge on any atom is 0.303 e. The lowest BCUT2D eigenvalue weighted by atomic mass is 9.89. The first-order chi connectivity index (χ1) is 6.52. The average molecular weight is 194 g/mol. The third kappa shape index (κ3) is 2.81. The van der Waals surface area contributed by atoms with E-state index in [0.29, 0.717) is 6.42 Å². The Labute approximate surface area is 82.8 Å². The summed E-state index contributed by atoms with van der Waals surface area (Å²) in [6.45, 7) is 1.82. The van der Waals surface area contributed by atoms with Crippen LogP contribution in [0.5, 0.6) is 0 Å². The Morgan fingerprint density at radius 2 is 2.14 bits per heavy atom. The third-order valence-electron chi connectivity index (χ3n) is 2.20. The van der Waals surface area contributed by atoms with Gasteiger partial charge in [-0.2, -0.15) is 0 Å². The number of nitrogens with two attached hydrogens (primary N) is 1. The van der Waals surface area contributed by atoms with Gasteiger partial charge in [0.2, 0.25) is 0 Å². The Kier molecular flexibility index (Phi) is 3.19. The standard InChI is InChI=1S/C10H14N2O2/c1-10(11,5-2-9(13)14)8-3-6-12-7-4-8/h3-4,6-7H,2,5,11H2,1H3,(H,13,14). The maximum atomic E-state index is 10.4. The van der Waals surface area contributed by atoms with Crippen LogP contribution < -0.4 is 5.73 Å². The molecule has 0 aliphatic heterocycles. The predicted octanol–water partition coefficient (Wildman–Crippen LogP) is 1.12. The molecule has 0 aromatic carbocycles. The Morgan fingerprint density at radius 1 is 1.57 bits per heavy atom. The van der Waals surface area contributed by atoms with Gasteiger partial charge >= 0.3 is 5.97 Å². The van der Waals surface area contributed by atoms with Crippen LogP contribution >= 0.6 is 0 Å². The number of rotatable bonds is 4. The van der Waals surface area contributed by atoms with Crippen molar-refractivity contribution in [1.82, 2.24) is 4.98 Å². The van der Waals surface area contributed by atoms with E-state index in [1.807, 2.05) is 19.1 Å². The van der Waals surface area contributed by atoms with Gasteiger partial charge in [0.15, 0.2) is 0 Å². The molecule has 1 aromatic heterocycles. The molecule has 0 saturated carbocycles. The molecular weight excluding hydrogens is 180 g/mol. The van der Waals surface area contributed by atoms with Crippen molar-refractivity contribution in [3.63, 3.8) is 0 Å². The van der Waals surface area contributed by atoms with Gasteiger partial charge in [-0.15, -0.1) is 0 Å². The van der Waals surface area contributed by atoms with Gasteiger partial charge in [0.05, 0.1) is 0 Å². The summed E-state index contributed by atoms with van der Waals surface area (Å²) in [4.78, 5) is 14.3. The average Bonchev–Trinajstić information content (AvgIpc) is 2.16. The van der Waals surface area contributed by atoms with E-state index >= 15 is 0 Å². The number of hydrogen-bond donors (Lipinski definition) is 2. The largest absolute Gasteiger partial charge is 0.481 e. The van der Waals surface area contributed by atoms with Gasteiger partial charge in [0.25, 0.3) is 0 Å². The number of pyridine rings is 1. The number of carbonyl (C=O) groups is 1. The van der Waals surface area contributed by atoms with E-state index in [4.69, 9.17) is 10.8 Å². The summed E-state index contributed by atoms with van der Waals surface area (Å²) in [5.74, 6) is -0.823. The summed E-state index contributed by atoms with van der Waals surface area (Å²) in [5.41, 5.74) is 6.31. The number of aromatic nitrogens is 1. The Hall–Kier alpha value is -1.42. The molecule has 0 aliphatic carbocycles. The SMILES string of the molecule is CC(N)(CCC(=O)O)c1ccncc1. The van der Waals surface area contributed by atoms with Crippen molar-refractivity contribution in [2.24, 2.45) is 5.73 Å². The van der Waals surface area contributed by atoms with Gasteiger partial charge < -0.3 is 10.8 Å². The summed E-state index contributed by atoms with van der Waals surface area (Å²) < 4.78 is 0. The molecule has 4 heteroatoms. The highest BCUT2D eigenvalue weighted by Crippen LogP contribution is 2.22. The van der Waals surface area contributed by atoms with E-state index in [9.17, 15) is 4.79 Å². The maximum absolute atomic E-state index is 10.4. The summed E-state index contributed by atoms with van der Waals surface area (Å²) >= 11 is 0. The molecule has 3 N–H and O–H groups in total. The van der Waals surface area contributed by atoms with Crippen LogP contribution in [0.4, 0.5) is 0 Å². The van der Waals surface area contributed by atoms with E-state index in [0.717, 1.165) is 5.56 Å². The highest BCUT2D eigenvalue weighted by atomic mass is 16.4. The molecule has 0 radical (unpaired) electrons. The highest BCUT2D eigenvalue weighted by molar-refractivity contribution is 5.66. The number of carboxylic acid groups (broad SMARTS) is 1. The Bertz CT molecular complexity index is 309. The second kappa shape index (κ2) is 4.19. The molecule has 0 saturated heterocycles. The lowest BCUT2D eigenvalue weighted by Gasteiger charge is -2.24. The fourth-order valence-corrected chi connectivity index (χ4v) is 1.24. The lowest BCUT2D eigenvalue weighted by Crippen LogP contribution is -2.33. The number of nitrogens with zero attached hydrogens (tertiary/aromatic N) is 1. The molecule has 0 amide bonds. The van der Waals surface area contributed by atoms with Crippen molar-refractivity contribution < 1.29 is 9.90 Å². The number of hydrogen-bond acceptors (Lipinski definition) is 3. The molecule has 1 unspecified atom stereocenters. The van der Waals surface area contributed by atoms with Crippen molar-refractivity contribution in [2.75, 3.05) is 0 Å². The molecule has 0 bridgehead atoms. The van der Waals surface area contributed by atoms with Crippen LogP contribution in [0.2, 0.25) is 0 Å². The van der Waals surface area contributed by atoms with E-state index in [1.165, 1.54) is 0 Å². The van der Waals surface area contributed by atoms with Gasteiger partial charge in [-0.05, 0) is 31.0 Å². The molecule has 0 fully saturated rings. The van der Waals surface area contributed by atoms with Crippen LogP contribution in [0.1, 0.15) is 25.3 Å². The van der Waals surface area contributed by atoms with Gasteiger partial charge in [-0.3, -0.25) is 9.78 Å². The molecule has 0 spiro atoms. The topological polar surface area (TPSA) is 76.2 Å². The summed E-state index contributed by atoms with van der Waals surface area (Å²) in [5, 5.41) is 8.56. The predicted molar refractivity (Wildman–Crippen MR) is 52.6 cm³/mol. The van der Waals surface area contributed by atoms with Crippen LogP contribution in [0.3, 0.4) is 0 Å². The molecule has 76 valence electrons. The van der Waals surface area contributed by atoms with Gasteiger partial charge in [-0.1, -0.05) is 0 Å². The first-order valence-corrected chi connectivity index (χ1v) is 4.43. The zero-order valence-electron chi connectivity index (χ0n) is 8.10. The van der Waals surface area contributed by atoms with Crippen molar-refractivity contribution in [2.45, 2.75) is 25.3 Å². The van der Waals surface area contributed by atoms with E-state index in [-0.39, 0.29) is 6.42 Å². The van der Waals surface area contributed by atoms with Gasteiger partial charge in [0.1, 0.15) is 0 Å². The fraction of sp³-hybridized carbons (Fsp3) is 0.400. The molecular formula is C10H14N2O2. The fourth-order valence-electron chi connectivity index (χ4n) is 1.24. The van der Waals surface area contributed by atoms with E-state index < -0.39 is 11.5 Å². The second-order valence-electron chi connectivity index (χ2n) is 3.55. The molecule has 0 aliphatic rings. The Morgan fingerprint density at radius 3 is 2.64 bits per heavy atom. The van der Waals surface area contributed by atoms with Crippen LogP contribution in [-0.2, 0) is 10.3 Å². The van der Waals surface area contributed by atoms with Crippen molar-refractivity contribution in [3.05, 3.63) is 30.1 Å². The summed E-state index contributed by atoms with van der Waals surface area (Å²) in [6.07, 6.45) is 3.81. The minimum Gasteiger partial charge on any atom is -0.481 e. The zero-order chi connectivity index (χ0) is 10.6. The molecule has 1 rings (SSSR count). The second-order valence-corrected chi connectivity index (χ2v) is 3.55. The molecule has 1 heterocycles. The molecule has 1 aromatic rings. The first-order valence-electron chi connectivity index (χ1n) is 4.43. The van der Waals surface area contributed by atoms with Crippen molar-refractivity contribution in [1.29, 1.82) is 0 Å². The van der Waals surface area contributed by atoms with Crippen LogP contribution in [0.25, 0.3) is 0 Å². The third-order valence-corrected chi connectivity index (χ3v) is 2.20. The quantitative estimate of drug-likeness (QED) is 0.753. The minimum absolute atomic E-state index is 0.0787. The molecule has 4 nitrogen and oxygen atoms in total. The zero-order valence-corrected chi connectivity index (χ0v) is 8.10. The van der Waals surface area contributed by atoms with Crippen LogP contribution in [0.15, 0.2) is 24.5 Å². The monoisotopic (exact) mass is 194 g/mol. The summed E-state index contributed by atoms with van der Waals surface area (Å²) in [7, 11) is 0. The van der Waals surface area contributed by atoms with E-state index in [2.05, 4.69) is 4.98 Å². The number of aliphatic carboxylic acids is 1. The lowest BCUT2D eigenvalue weighted by molar-refractivity contribution is -0.137. The highest BCUT2D eigenvalue weighted by Gasteiger charge is 2.21. The first kappa shape index (κ1) is 10.7. The van der Waals surface area contributed by atoms with E-state index in [1.54, 1.807) is 12.4 Å². The summed E-state index contributed by atoms with van der Waals surface area (Å²) in [6, 6.07) is 3.61. The minimum atomic E-state index is -0.823. The van der Waals surface area contributed by atoms with Crippen molar-refractivity contribution >= 4 is 5.97 Å².